The number of ether oxygens (including phenoxy) is 1. The van der Waals surface area contributed by atoms with Crippen molar-refractivity contribution in [2.75, 3.05) is 7.11 Å². The molecule has 0 amide bonds. The molecule has 1 aliphatic rings. The Morgan fingerprint density at radius 2 is 1.89 bits per heavy atom. The molecule has 2 rings (SSSR count). The third kappa shape index (κ3) is 3.77. The summed E-state index contributed by atoms with van der Waals surface area (Å²) in [5, 5.41) is 4.67. The fourth-order valence-corrected chi connectivity index (χ4v) is 3.02. The third-order valence-electron chi connectivity index (χ3n) is 3.50. The van der Waals surface area contributed by atoms with E-state index in [0.29, 0.717) is 5.92 Å². The minimum absolute atomic E-state index is 0.141. The lowest BCUT2D eigenvalue weighted by atomic mass is 10.1. The maximum absolute atomic E-state index is 5.57. The standard InChI is InChI=1S/C15H26N2OS/c1-14(2,3)16-9-11-12(10-7-8-10)17-13(19-11)15(4,5)18-6/h10,16H,7-9H2,1-6H3. The molecule has 0 bridgehead atoms. The van der Waals surface area contributed by atoms with Crippen LogP contribution in [0.1, 0.15) is 69.0 Å². The minimum Gasteiger partial charge on any atom is -0.372 e. The molecule has 4 heteroatoms. The Hall–Kier alpha value is -0.450. The van der Waals surface area contributed by atoms with Crippen molar-refractivity contribution >= 4 is 11.3 Å². The molecule has 1 saturated carbocycles. The molecule has 19 heavy (non-hydrogen) atoms. The van der Waals surface area contributed by atoms with Gasteiger partial charge in [-0.15, -0.1) is 11.3 Å². The summed E-state index contributed by atoms with van der Waals surface area (Å²) in [4.78, 5) is 6.26. The molecule has 1 aromatic rings. The molecule has 0 aliphatic heterocycles. The van der Waals surface area contributed by atoms with Crippen LogP contribution < -0.4 is 5.32 Å². The highest BCUT2D eigenvalue weighted by Crippen LogP contribution is 2.44. The second kappa shape index (κ2) is 5.15. The van der Waals surface area contributed by atoms with Crippen molar-refractivity contribution in [3.05, 3.63) is 15.6 Å². The van der Waals surface area contributed by atoms with Gasteiger partial charge in [-0.05, 0) is 47.5 Å². The number of rotatable bonds is 5. The average Bonchev–Trinajstić information content (AvgIpc) is 3.05. The summed E-state index contributed by atoms with van der Waals surface area (Å²) in [7, 11) is 1.76. The van der Waals surface area contributed by atoms with E-state index in [4.69, 9.17) is 9.72 Å². The van der Waals surface area contributed by atoms with Gasteiger partial charge in [-0.2, -0.15) is 0 Å². The van der Waals surface area contributed by atoms with E-state index in [1.807, 2.05) is 0 Å². The quantitative estimate of drug-likeness (QED) is 0.892. The van der Waals surface area contributed by atoms with Crippen LogP contribution in [-0.4, -0.2) is 17.6 Å². The summed E-state index contributed by atoms with van der Waals surface area (Å²) in [5.41, 5.74) is 1.16. The first-order valence-electron chi connectivity index (χ1n) is 7.03. The van der Waals surface area contributed by atoms with E-state index < -0.39 is 0 Å². The predicted octanol–water partition coefficient (Wildman–Crippen LogP) is 3.79. The number of nitrogens with zero attached hydrogens (tertiary/aromatic N) is 1. The van der Waals surface area contributed by atoms with Gasteiger partial charge in [0.2, 0.25) is 0 Å². The highest BCUT2D eigenvalue weighted by atomic mass is 32.1. The van der Waals surface area contributed by atoms with Gasteiger partial charge in [-0.1, -0.05) is 0 Å². The van der Waals surface area contributed by atoms with Crippen LogP contribution in [0.5, 0.6) is 0 Å². The van der Waals surface area contributed by atoms with Crippen LogP contribution in [0.3, 0.4) is 0 Å². The summed E-state index contributed by atoms with van der Waals surface area (Å²) in [6.45, 7) is 11.7. The Morgan fingerprint density at radius 3 is 2.37 bits per heavy atom. The van der Waals surface area contributed by atoms with Crippen LogP contribution in [-0.2, 0) is 16.9 Å². The van der Waals surface area contributed by atoms with Crippen molar-refractivity contribution < 1.29 is 4.74 Å². The first-order valence-corrected chi connectivity index (χ1v) is 7.85. The maximum Gasteiger partial charge on any atom is 0.125 e. The molecule has 1 fully saturated rings. The van der Waals surface area contributed by atoms with E-state index in [1.54, 1.807) is 18.4 Å². The van der Waals surface area contributed by atoms with Crippen molar-refractivity contribution in [2.24, 2.45) is 0 Å². The zero-order chi connectivity index (χ0) is 14.3. The summed E-state index contributed by atoms with van der Waals surface area (Å²) in [6, 6.07) is 0. The van der Waals surface area contributed by atoms with Crippen LogP contribution in [0.15, 0.2) is 0 Å². The number of thiazole rings is 1. The zero-order valence-corrected chi connectivity index (χ0v) is 13.8. The fourth-order valence-electron chi connectivity index (χ4n) is 1.86. The topological polar surface area (TPSA) is 34.1 Å². The number of aromatic nitrogens is 1. The number of hydrogen-bond acceptors (Lipinski definition) is 4. The lowest BCUT2D eigenvalue weighted by molar-refractivity contribution is 0.0189. The molecule has 0 spiro atoms. The van der Waals surface area contributed by atoms with Gasteiger partial charge in [0.15, 0.2) is 0 Å². The van der Waals surface area contributed by atoms with Gasteiger partial charge < -0.3 is 10.1 Å². The van der Waals surface area contributed by atoms with Crippen molar-refractivity contribution in [1.29, 1.82) is 0 Å². The van der Waals surface area contributed by atoms with E-state index in [1.165, 1.54) is 23.4 Å². The molecular weight excluding hydrogens is 256 g/mol. The van der Waals surface area contributed by atoms with E-state index in [0.717, 1.165) is 11.6 Å². The van der Waals surface area contributed by atoms with Gasteiger partial charge in [0.1, 0.15) is 10.6 Å². The highest BCUT2D eigenvalue weighted by molar-refractivity contribution is 7.11. The Balaban J connectivity index is 2.21. The van der Waals surface area contributed by atoms with Crippen LogP contribution in [0.25, 0.3) is 0 Å². The molecule has 1 N–H and O–H groups in total. The van der Waals surface area contributed by atoms with Crippen LogP contribution >= 0.6 is 11.3 Å². The highest BCUT2D eigenvalue weighted by Gasteiger charge is 2.33. The number of nitrogens with one attached hydrogen (secondary N) is 1. The van der Waals surface area contributed by atoms with Crippen molar-refractivity contribution in [3.8, 4) is 0 Å². The Labute approximate surface area is 120 Å². The molecule has 1 heterocycles. The predicted molar refractivity (Wildman–Crippen MR) is 80.7 cm³/mol. The third-order valence-corrected chi connectivity index (χ3v) is 4.87. The normalized spacial score (nSPS) is 16.9. The summed E-state index contributed by atoms with van der Waals surface area (Å²) in [5.74, 6) is 0.689. The molecule has 0 atom stereocenters. The smallest absolute Gasteiger partial charge is 0.125 e. The lowest BCUT2D eigenvalue weighted by Gasteiger charge is -2.20. The summed E-state index contributed by atoms with van der Waals surface area (Å²) >= 11 is 1.80. The molecule has 0 saturated heterocycles. The van der Waals surface area contributed by atoms with Crippen LogP contribution in [0.4, 0.5) is 0 Å². The van der Waals surface area contributed by atoms with Gasteiger partial charge in [0, 0.05) is 30.0 Å². The Kier molecular flexibility index (Phi) is 4.05. The fraction of sp³-hybridized carbons (Fsp3) is 0.800. The first kappa shape index (κ1) is 14.9. The molecular formula is C15H26N2OS. The molecule has 0 radical (unpaired) electrons. The van der Waals surface area contributed by atoms with Crippen LogP contribution in [0, 0.1) is 0 Å². The molecule has 1 aromatic heterocycles. The van der Waals surface area contributed by atoms with Crippen molar-refractivity contribution in [1.82, 2.24) is 10.3 Å². The number of hydrogen-bond donors (Lipinski definition) is 1. The second-order valence-corrected chi connectivity index (χ2v) is 8.00. The first-order chi connectivity index (χ1) is 8.73. The van der Waals surface area contributed by atoms with Gasteiger partial charge >= 0.3 is 0 Å². The van der Waals surface area contributed by atoms with Crippen LogP contribution in [0.2, 0.25) is 0 Å². The number of methoxy groups -OCH3 is 1. The monoisotopic (exact) mass is 282 g/mol. The Bertz CT molecular complexity index is 441. The van der Waals surface area contributed by atoms with Gasteiger partial charge in [0.05, 0.1) is 5.69 Å². The van der Waals surface area contributed by atoms with Gasteiger partial charge in [-0.3, -0.25) is 0 Å². The van der Waals surface area contributed by atoms with Gasteiger partial charge in [0.25, 0.3) is 0 Å². The van der Waals surface area contributed by atoms with Crippen molar-refractivity contribution in [2.45, 2.75) is 71.1 Å². The summed E-state index contributed by atoms with van der Waals surface area (Å²) in [6.07, 6.45) is 2.58. The van der Waals surface area contributed by atoms with E-state index in [-0.39, 0.29) is 11.1 Å². The zero-order valence-electron chi connectivity index (χ0n) is 13.0. The maximum atomic E-state index is 5.57. The second-order valence-electron chi connectivity index (χ2n) is 6.92. The van der Waals surface area contributed by atoms with Crippen molar-refractivity contribution in [3.63, 3.8) is 0 Å². The molecule has 1 aliphatic carbocycles. The van der Waals surface area contributed by atoms with Gasteiger partial charge in [-0.25, -0.2) is 4.98 Å². The largest absolute Gasteiger partial charge is 0.372 e. The SMILES string of the molecule is COC(C)(C)c1nc(C2CC2)c(CNC(C)(C)C)s1. The molecule has 0 aromatic carbocycles. The van der Waals surface area contributed by atoms with E-state index >= 15 is 0 Å². The lowest BCUT2D eigenvalue weighted by Crippen LogP contribution is -2.35. The molecule has 0 unspecified atom stereocenters. The summed E-state index contributed by atoms with van der Waals surface area (Å²) < 4.78 is 5.57. The van der Waals surface area contributed by atoms with E-state index in [2.05, 4.69) is 39.9 Å². The average molecular weight is 282 g/mol. The molecule has 108 valence electrons. The van der Waals surface area contributed by atoms with E-state index in [9.17, 15) is 0 Å². The Morgan fingerprint density at radius 1 is 1.26 bits per heavy atom. The molecule has 3 nitrogen and oxygen atoms in total. The minimum atomic E-state index is -0.283.